The number of alkyl halides is 3. The van der Waals surface area contributed by atoms with E-state index in [2.05, 4.69) is 21.8 Å². The number of halogens is 3. The number of urea groups is 1. The summed E-state index contributed by atoms with van der Waals surface area (Å²) in [6, 6.07) is 12.5. The third-order valence-electron chi connectivity index (χ3n) is 7.25. The van der Waals surface area contributed by atoms with E-state index in [0.717, 1.165) is 46.8 Å². The topological polar surface area (TPSA) is 101 Å². The molecule has 2 amide bonds. The number of benzene rings is 2. The molecule has 4 aromatic rings. The van der Waals surface area contributed by atoms with Crippen LogP contribution in [0, 0.1) is 0 Å². The number of pyridine rings is 1. The van der Waals surface area contributed by atoms with Gasteiger partial charge in [0.1, 0.15) is 0 Å². The molecular formula is C29H32F3N7O. The maximum atomic E-state index is 13.8. The molecule has 0 unspecified atom stereocenters. The lowest BCUT2D eigenvalue weighted by atomic mass is 10.0. The molecule has 8 nitrogen and oxygen atoms in total. The first kappa shape index (κ1) is 27.4. The third kappa shape index (κ3) is 5.74. The van der Waals surface area contributed by atoms with E-state index < -0.39 is 17.8 Å². The predicted molar refractivity (Wildman–Crippen MR) is 151 cm³/mol. The molecule has 210 valence electrons. The molecule has 11 heteroatoms. The first-order valence-electron chi connectivity index (χ1n) is 13.3. The molecule has 0 spiro atoms. The van der Waals surface area contributed by atoms with E-state index in [4.69, 9.17) is 10.7 Å². The zero-order valence-electron chi connectivity index (χ0n) is 22.6. The van der Waals surface area contributed by atoms with Gasteiger partial charge in [-0.2, -0.15) is 18.3 Å². The van der Waals surface area contributed by atoms with Crippen molar-refractivity contribution < 1.29 is 18.0 Å². The Hall–Kier alpha value is -4.12. The normalized spacial score (nSPS) is 13.7. The van der Waals surface area contributed by atoms with Gasteiger partial charge in [0.25, 0.3) is 0 Å². The second-order valence-electron chi connectivity index (χ2n) is 10.1. The van der Waals surface area contributed by atoms with Gasteiger partial charge in [-0.1, -0.05) is 32.0 Å². The molecule has 0 radical (unpaired) electrons. The van der Waals surface area contributed by atoms with E-state index in [-0.39, 0.29) is 17.8 Å². The van der Waals surface area contributed by atoms with Crippen molar-refractivity contribution in [2.75, 3.05) is 29.5 Å². The summed E-state index contributed by atoms with van der Waals surface area (Å²) in [4.78, 5) is 19.3. The zero-order valence-corrected chi connectivity index (χ0v) is 22.6. The number of aryl methyl sites for hydroxylation is 1. The fraction of sp³-hybridized carbons (Fsp3) is 0.345. The molecule has 1 aliphatic carbocycles. The number of hydrogen-bond donors (Lipinski definition) is 3. The number of carbonyl (C=O) groups excluding carboxylic acids is 1. The maximum Gasteiger partial charge on any atom is 0.416 e. The summed E-state index contributed by atoms with van der Waals surface area (Å²) in [5.41, 5.74) is 9.69. The molecule has 2 heterocycles. The summed E-state index contributed by atoms with van der Waals surface area (Å²) < 4.78 is 43.0. The quantitative estimate of drug-likeness (QED) is 0.229. The lowest BCUT2D eigenvalue weighted by molar-refractivity contribution is -0.138. The number of aromatic nitrogens is 3. The molecule has 0 atom stereocenters. The van der Waals surface area contributed by atoms with Crippen molar-refractivity contribution in [1.29, 1.82) is 0 Å². The number of rotatable bonds is 8. The van der Waals surface area contributed by atoms with Crippen LogP contribution in [-0.2, 0) is 19.8 Å². The first-order valence-corrected chi connectivity index (χ1v) is 13.3. The molecular weight excluding hydrogens is 519 g/mol. The van der Waals surface area contributed by atoms with Crippen molar-refractivity contribution in [1.82, 2.24) is 19.7 Å². The number of nitrogens with two attached hydrogens (primary N) is 1. The van der Waals surface area contributed by atoms with Crippen molar-refractivity contribution in [2.24, 2.45) is 7.05 Å². The van der Waals surface area contributed by atoms with Gasteiger partial charge in [0, 0.05) is 36.6 Å². The van der Waals surface area contributed by atoms with Crippen LogP contribution in [0.4, 0.5) is 35.2 Å². The van der Waals surface area contributed by atoms with Crippen molar-refractivity contribution >= 4 is 34.3 Å². The van der Waals surface area contributed by atoms with E-state index >= 15 is 0 Å². The number of nitrogens with one attached hydrogen (secondary N) is 2. The number of amides is 2. The monoisotopic (exact) mass is 551 g/mol. The van der Waals surface area contributed by atoms with Crippen LogP contribution in [0.25, 0.3) is 22.2 Å². The minimum Gasteiger partial charge on any atom is -0.382 e. The standard InChI is InChI=1S/C29H32F3N7O/c1-4-39(5-2)16-19-10-13-21(14-23(19)29(30,31)32)35-28(40)34-20-11-8-17(9-12-20)22-15-24(18-6-7-18)36-27-25(22)26(33)37-38(27)3/h8-15,18H,4-7,16H2,1-3H3,(H2,33,37)(H2,34,35,40). The van der Waals surface area contributed by atoms with Gasteiger partial charge in [0.15, 0.2) is 11.5 Å². The van der Waals surface area contributed by atoms with Gasteiger partial charge in [-0.3, -0.25) is 4.90 Å². The van der Waals surface area contributed by atoms with Gasteiger partial charge < -0.3 is 16.4 Å². The lowest BCUT2D eigenvalue weighted by Crippen LogP contribution is -2.24. The third-order valence-corrected chi connectivity index (χ3v) is 7.25. The smallest absolute Gasteiger partial charge is 0.382 e. The van der Waals surface area contributed by atoms with Crippen molar-refractivity contribution in [2.45, 2.75) is 45.3 Å². The molecule has 1 saturated carbocycles. The average Bonchev–Trinajstić information content (AvgIpc) is 3.73. The zero-order chi connectivity index (χ0) is 28.6. The van der Waals surface area contributed by atoms with Crippen LogP contribution in [0.5, 0.6) is 0 Å². The Kier molecular flexibility index (Phi) is 7.41. The van der Waals surface area contributed by atoms with E-state index in [1.807, 2.05) is 37.9 Å². The fourth-order valence-electron chi connectivity index (χ4n) is 4.88. The molecule has 5 rings (SSSR count). The summed E-state index contributed by atoms with van der Waals surface area (Å²) in [5.74, 6) is 0.832. The van der Waals surface area contributed by atoms with Crippen LogP contribution in [0.15, 0.2) is 48.5 Å². The highest BCUT2D eigenvalue weighted by Crippen LogP contribution is 2.42. The Morgan fingerprint density at radius 1 is 1.05 bits per heavy atom. The lowest BCUT2D eigenvalue weighted by Gasteiger charge is -2.21. The second kappa shape index (κ2) is 10.8. The summed E-state index contributed by atoms with van der Waals surface area (Å²) in [6.07, 6.45) is -2.33. The van der Waals surface area contributed by atoms with Gasteiger partial charge in [0.05, 0.1) is 10.9 Å². The predicted octanol–water partition coefficient (Wildman–Crippen LogP) is 6.60. The van der Waals surface area contributed by atoms with Crippen LogP contribution in [0.3, 0.4) is 0 Å². The molecule has 40 heavy (non-hydrogen) atoms. The van der Waals surface area contributed by atoms with Crippen LogP contribution in [-0.4, -0.2) is 38.8 Å². The fourth-order valence-corrected chi connectivity index (χ4v) is 4.88. The Bertz CT molecular complexity index is 1540. The number of carbonyl (C=O) groups is 1. The van der Waals surface area contributed by atoms with Gasteiger partial charge >= 0.3 is 12.2 Å². The molecule has 4 N–H and O–H groups in total. The van der Waals surface area contributed by atoms with Crippen molar-refractivity contribution in [3.05, 3.63) is 65.4 Å². The number of anilines is 3. The van der Waals surface area contributed by atoms with E-state index in [1.54, 1.807) is 16.8 Å². The molecule has 2 aromatic heterocycles. The van der Waals surface area contributed by atoms with Crippen molar-refractivity contribution in [3.8, 4) is 11.1 Å². The van der Waals surface area contributed by atoms with Crippen LogP contribution in [0.2, 0.25) is 0 Å². The number of nitrogen functional groups attached to an aromatic ring is 1. The minimum absolute atomic E-state index is 0.0589. The first-order chi connectivity index (χ1) is 19.1. The number of hydrogen-bond acceptors (Lipinski definition) is 5. The van der Waals surface area contributed by atoms with Gasteiger partial charge in [0.2, 0.25) is 0 Å². The SMILES string of the molecule is CCN(CC)Cc1ccc(NC(=O)Nc2ccc(-c3cc(C4CC4)nc4c3c(N)nn4C)cc2)cc1C(F)(F)F. The summed E-state index contributed by atoms with van der Waals surface area (Å²) >= 11 is 0. The largest absolute Gasteiger partial charge is 0.416 e. The molecule has 2 aromatic carbocycles. The van der Waals surface area contributed by atoms with Crippen molar-refractivity contribution in [3.63, 3.8) is 0 Å². The van der Waals surface area contributed by atoms with Crippen LogP contribution >= 0.6 is 0 Å². The highest BCUT2D eigenvalue weighted by atomic mass is 19.4. The highest BCUT2D eigenvalue weighted by Gasteiger charge is 2.34. The van der Waals surface area contributed by atoms with E-state index in [9.17, 15) is 18.0 Å². The molecule has 1 aliphatic rings. The Labute approximate surface area is 230 Å². The number of fused-ring (bicyclic) bond motifs is 1. The molecule has 0 saturated heterocycles. The second-order valence-corrected chi connectivity index (χ2v) is 10.1. The Morgan fingerprint density at radius 3 is 2.33 bits per heavy atom. The average molecular weight is 552 g/mol. The summed E-state index contributed by atoms with van der Waals surface area (Å²) in [5, 5.41) is 10.3. The van der Waals surface area contributed by atoms with E-state index in [1.165, 1.54) is 12.1 Å². The van der Waals surface area contributed by atoms with E-state index in [0.29, 0.717) is 30.5 Å². The Morgan fingerprint density at radius 2 is 1.70 bits per heavy atom. The summed E-state index contributed by atoms with van der Waals surface area (Å²) in [6.45, 7) is 5.26. The van der Waals surface area contributed by atoms with Crippen LogP contribution in [0.1, 0.15) is 49.4 Å². The number of nitrogens with zero attached hydrogens (tertiary/aromatic N) is 4. The van der Waals surface area contributed by atoms with Crippen LogP contribution < -0.4 is 16.4 Å². The highest BCUT2D eigenvalue weighted by molar-refractivity contribution is 6.02. The summed E-state index contributed by atoms with van der Waals surface area (Å²) in [7, 11) is 1.81. The maximum absolute atomic E-state index is 13.8. The minimum atomic E-state index is -4.54. The Balaban J connectivity index is 1.33. The molecule has 0 bridgehead atoms. The van der Waals surface area contributed by atoms with Gasteiger partial charge in [-0.25, -0.2) is 14.5 Å². The molecule has 0 aliphatic heterocycles. The molecule has 1 fully saturated rings. The van der Waals surface area contributed by atoms with Gasteiger partial charge in [-0.05, 0) is 73.0 Å². The van der Waals surface area contributed by atoms with Gasteiger partial charge in [-0.15, -0.1) is 0 Å².